The number of carbonyl (C=O) groups is 1. The van der Waals surface area contributed by atoms with E-state index in [9.17, 15) is 4.79 Å². The highest BCUT2D eigenvalue weighted by molar-refractivity contribution is 5.94. The van der Waals surface area contributed by atoms with Gasteiger partial charge < -0.3 is 4.90 Å². The van der Waals surface area contributed by atoms with Crippen LogP contribution in [0.4, 0.5) is 0 Å². The Labute approximate surface area is 126 Å². The van der Waals surface area contributed by atoms with Crippen molar-refractivity contribution in [2.24, 2.45) is 0 Å². The molecule has 2 nitrogen and oxygen atoms in total. The molecule has 108 valence electrons. The monoisotopic (exact) mass is 279 g/mol. The molecule has 1 unspecified atom stereocenters. The van der Waals surface area contributed by atoms with E-state index in [4.69, 9.17) is 0 Å². The number of likely N-dealkylation sites (tertiary alicyclic amines) is 1. The van der Waals surface area contributed by atoms with Gasteiger partial charge in [0.25, 0.3) is 5.91 Å². The normalized spacial score (nSPS) is 18.0. The molecule has 1 atom stereocenters. The van der Waals surface area contributed by atoms with Gasteiger partial charge in [-0.25, -0.2) is 0 Å². The summed E-state index contributed by atoms with van der Waals surface area (Å²) in [4.78, 5) is 14.6. The Kier molecular flexibility index (Phi) is 3.78. The second-order valence-corrected chi connectivity index (χ2v) is 5.95. The second-order valence-electron chi connectivity index (χ2n) is 5.95. The molecule has 1 saturated heterocycles. The number of aryl methyl sites for hydroxylation is 2. The van der Waals surface area contributed by atoms with Crippen LogP contribution in [0, 0.1) is 13.8 Å². The van der Waals surface area contributed by atoms with Crippen molar-refractivity contribution in [1.82, 2.24) is 4.90 Å². The maximum atomic E-state index is 12.6. The fraction of sp³-hybridized carbons (Fsp3) is 0.316. The van der Waals surface area contributed by atoms with Crippen molar-refractivity contribution in [3.63, 3.8) is 0 Å². The molecule has 3 rings (SSSR count). The first-order valence-electron chi connectivity index (χ1n) is 7.56. The standard InChI is InChI=1S/C19H21NO/c1-14-8-9-17(12-15(14)2)19(21)20-11-10-18(13-20)16-6-4-3-5-7-16/h3-9,12,18H,10-11,13H2,1-2H3. The summed E-state index contributed by atoms with van der Waals surface area (Å²) in [6.45, 7) is 5.81. The van der Waals surface area contributed by atoms with Crippen LogP contribution in [0.5, 0.6) is 0 Å². The fourth-order valence-corrected chi connectivity index (χ4v) is 3.00. The lowest BCUT2D eigenvalue weighted by atomic mass is 9.99. The Bertz CT molecular complexity index is 648. The number of hydrogen-bond donors (Lipinski definition) is 0. The minimum absolute atomic E-state index is 0.163. The van der Waals surface area contributed by atoms with E-state index in [2.05, 4.69) is 38.1 Å². The van der Waals surface area contributed by atoms with Crippen molar-refractivity contribution >= 4 is 5.91 Å². The van der Waals surface area contributed by atoms with Gasteiger partial charge in [0.05, 0.1) is 0 Å². The number of hydrogen-bond acceptors (Lipinski definition) is 1. The highest BCUT2D eigenvalue weighted by atomic mass is 16.2. The molecule has 1 fully saturated rings. The van der Waals surface area contributed by atoms with Crippen molar-refractivity contribution in [2.75, 3.05) is 13.1 Å². The number of benzene rings is 2. The van der Waals surface area contributed by atoms with Gasteiger partial charge in [-0.1, -0.05) is 36.4 Å². The topological polar surface area (TPSA) is 20.3 Å². The van der Waals surface area contributed by atoms with Crippen LogP contribution in [0.2, 0.25) is 0 Å². The number of rotatable bonds is 2. The number of amides is 1. The van der Waals surface area contributed by atoms with Crippen LogP contribution in [0.1, 0.15) is 39.4 Å². The van der Waals surface area contributed by atoms with Crippen molar-refractivity contribution in [3.05, 3.63) is 70.8 Å². The quantitative estimate of drug-likeness (QED) is 0.815. The molecule has 0 bridgehead atoms. The van der Waals surface area contributed by atoms with E-state index < -0.39 is 0 Å². The van der Waals surface area contributed by atoms with Gasteiger partial charge in [-0.2, -0.15) is 0 Å². The largest absolute Gasteiger partial charge is 0.338 e. The van der Waals surface area contributed by atoms with Crippen molar-refractivity contribution in [2.45, 2.75) is 26.2 Å². The Morgan fingerprint density at radius 2 is 1.81 bits per heavy atom. The van der Waals surface area contributed by atoms with E-state index in [1.807, 2.05) is 29.2 Å². The van der Waals surface area contributed by atoms with Gasteiger partial charge in [0.2, 0.25) is 0 Å². The van der Waals surface area contributed by atoms with Gasteiger partial charge in [0.1, 0.15) is 0 Å². The molecule has 0 aliphatic carbocycles. The molecule has 1 heterocycles. The molecular weight excluding hydrogens is 258 g/mol. The molecule has 2 heteroatoms. The first-order valence-corrected chi connectivity index (χ1v) is 7.56. The van der Waals surface area contributed by atoms with Gasteiger partial charge in [-0.15, -0.1) is 0 Å². The molecule has 2 aromatic carbocycles. The van der Waals surface area contributed by atoms with Crippen LogP contribution in [0.25, 0.3) is 0 Å². The summed E-state index contributed by atoms with van der Waals surface area (Å²) in [6, 6.07) is 16.5. The third-order valence-electron chi connectivity index (χ3n) is 4.50. The van der Waals surface area contributed by atoms with E-state index in [1.165, 1.54) is 16.7 Å². The minimum Gasteiger partial charge on any atom is -0.338 e. The summed E-state index contributed by atoms with van der Waals surface area (Å²) in [5, 5.41) is 0. The van der Waals surface area contributed by atoms with E-state index in [0.29, 0.717) is 5.92 Å². The summed E-state index contributed by atoms with van der Waals surface area (Å²) in [5.74, 6) is 0.637. The third-order valence-corrected chi connectivity index (χ3v) is 4.50. The second kappa shape index (κ2) is 5.72. The molecule has 0 saturated carbocycles. The molecule has 21 heavy (non-hydrogen) atoms. The van der Waals surface area contributed by atoms with Crippen LogP contribution < -0.4 is 0 Å². The minimum atomic E-state index is 0.163. The van der Waals surface area contributed by atoms with Gasteiger partial charge in [0.15, 0.2) is 0 Å². The molecule has 1 aliphatic heterocycles. The van der Waals surface area contributed by atoms with Crippen LogP contribution in [-0.4, -0.2) is 23.9 Å². The number of nitrogens with zero attached hydrogens (tertiary/aromatic N) is 1. The zero-order chi connectivity index (χ0) is 14.8. The molecule has 1 aliphatic rings. The molecular formula is C19H21NO. The Hall–Kier alpha value is -2.09. The van der Waals surface area contributed by atoms with Crippen LogP contribution >= 0.6 is 0 Å². The lowest BCUT2D eigenvalue weighted by molar-refractivity contribution is 0.0790. The average molecular weight is 279 g/mol. The fourth-order valence-electron chi connectivity index (χ4n) is 3.00. The van der Waals surface area contributed by atoms with Crippen LogP contribution in [0.15, 0.2) is 48.5 Å². The summed E-state index contributed by atoms with van der Waals surface area (Å²) < 4.78 is 0. The zero-order valence-corrected chi connectivity index (χ0v) is 12.7. The van der Waals surface area contributed by atoms with E-state index in [-0.39, 0.29) is 5.91 Å². The summed E-state index contributed by atoms with van der Waals surface area (Å²) in [7, 11) is 0. The zero-order valence-electron chi connectivity index (χ0n) is 12.7. The first kappa shape index (κ1) is 13.9. The van der Waals surface area contributed by atoms with E-state index >= 15 is 0 Å². The predicted octanol–water partition coefficient (Wildman–Crippen LogP) is 3.93. The predicted molar refractivity (Wildman–Crippen MR) is 85.6 cm³/mol. The first-order chi connectivity index (χ1) is 10.1. The Balaban J connectivity index is 1.74. The molecule has 1 amide bonds. The molecule has 0 N–H and O–H groups in total. The van der Waals surface area contributed by atoms with E-state index in [0.717, 1.165) is 25.1 Å². The van der Waals surface area contributed by atoms with Crippen molar-refractivity contribution in [1.29, 1.82) is 0 Å². The molecule has 0 spiro atoms. The maximum absolute atomic E-state index is 12.6. The average Bonchev–Trinajstić information content (AvgIpc) is 3.00. The number of carbonyl (C=O) groups excluding carboxylic acids is 1. The third kappa shape index (κ3) is 2.85. The molecule has 2 aromatic rings. The molecule has 0 radical (unpaired) electrons. The maximum Gasteiger partial charge on any atom is 0.253 e. The summed E-state index contributed by atoms with van der Waals surface area (Å²) >= 11 is 0. The summed E-state index contributed by atoms with van der Waals surface area (Å²) in [5.41, 5.74) is 4.56. The van der Waals surface area contributed by atoms with Gasteiger partial charge in [0, 0.05) is 24.6 Å². The lowest BCUT2D eigenvalue weighted by Gasteiger charge is -2.17. The summed E-state index contributed by atoms with van der Waals surface area (Å²) in [6.07, 6.45) is 1.06. The SMILES string of the molecule is Cc1ccc(C(=O)N2CCC(c3ccccc3)C2)cc1C. The Morgan fingerprint density at radius 1 is 1.05 bits per heavy atom. The van der Waals surface area contributed by atoms with Gasteiger partial charge in [-0.05, 0) is 49.1 Å². The van der Waals surface area contributed by atoms with Crippen molar-refractivity contribution in [3.8, 4) is 0 Å². The highest BCUT2D eigenvalue weighted by Crippen LogP contribution is 2.28. The highest BCUT2D eigenvalue weighted by Gasteiger charge is 2.27. The van der Waals surface area contributed by atoms with E-state index in [1.54, 1.807) is 0 Å². The lowest BCUT2D eigenvalue weighted by Crippen LogP contribution is -2.28. The van der Waals surface area contributed by atoms with Gasteiger partial charge in [-0.3, -0.25) is 4.79 Å². The van der Waals surface area contributed by atoms with Gasteiger partial charge >= 0.3 is 0 Å². The molecule has 0 aromatic heterocycles. The smallest absolute Gasteiger partial charge is 0.253 e. The van der Waals surface area contributed by atoms with Crippen LogP contribution in [0.3, 0.4) is 0 Å². The van der Waals surface area contributed by atoms with Crippen molar-refractivity contribution < 1.29 is 4.79 Å². The van der Waals surface area contributed by atoms with Crippen LogP contribution in [-0.2, 0) is 0 Å². The Morgan fingerprint density at radius 3 is 2.52 bits per heavy atom.